The summed E-state index contributed by atoms with van der Waals surface area (Å²) in [6.45, 7) is 7.12. The highest BCUT2D eigenvalue weighted by molar-refractivity contribution is 6.07. The van der Waals surface area contributed by atoms with Crippen LogP contribution in [0, 0.1) is 17.2 Å². The van der Waals surface area contributed by atoms with Crippen molar-refractivity contribution < 1.29 is 14.0 Å². The fourth-order valence-corrected chi connectivity index (χ4v) is 5.40. The van der Waals surface area contributed by atoms with Gasteiger partial charge in [-0.2, -0.15) is 0 Å². The molecule has 3 amide bonds. The van der Waals surface area contributed by atoms with E-state index in [0.717, 1.165) is 19.3 Å². The molecule has 0 bridgehead atoms. The molecule has 3 aliphatic rings. The largest absolute Gasteiger partial charge is 0.326 e. The third-order valence-electron chi connectivity index (χ3n) is 6.34. The molecule has 0 radical (unpaired) electrons. The summed E-state index contributed by atoms with van der Waals surface area (Å²) in [5.41, 5.74) is -0.172. The second-order valence-electron chi connectivity index (χ2n) is 9.81. The van der Waals surface area contributed by atoms with Crippen molar-refractivity contribution in [1.29, 1.82) is 0 Å². The second kappa shape index (κ2) is 6.83. The molecule has 0 unspecified atom stereocenters. The van der Waals surface area contributed by atoms with Gasteiger partial charge in [-0.25, -0.2) is 14.1 Å². The van der Waals surface area contributed by atoms with Crippen molar-refractivity contribution in [3.8, 4) is 0 Å². The number of halogens is 1. The summed E-state index contributed by atoms with van der Waals surface area (Å²) in [7, 11) is 0. The summed E-state index contributed by atoms with van der Waals surface area (Å²) in [6.07, 6.45) is 4.45. The number of urea groups is 1. The molecule has 6 heteroatoms. The molecule has 2 atom stereocenters. The Hall–Kier alpha value is -1.95. The number of benzene rings is 1. The molecule has 1 heterocycles. The van der Waals surface area contributed by atoms with Gasteiger partial charge in [0.2, 0.25) is 0 Å². The number of rotatable bonds is 5. The summed E-state index contributed by atoms with van der Waals surface area (Å²) in [5, 5.41) is 3.03. The van der Waals surface area contributed by atoms with Crippen LogP contribution in [-0.2, 0) is 11.3 Å². The van der Waals surface area contributed by atoms with E-state index < -0.39 is 5.54 Å². The molecule has 4 rings (SSSR count). The third-order valence-corrected chi connectivity index (χ3v) is 6.34. The number of hydrogen-bond donors (Lipinski definition) is 1. The zero-order valence-electron chi connectivity index (χ0n) is 17.0. The van der Waals surface area contributed by atoms with Gasteiger partial charge in [0, 0.05) is 18.2 Å². The minimum atomic E-state index is -0.786. The van der Waals surface area contributed by atoms with E-state index in [1.54, 1.807) is 12.1 Å². The van der Waals surface area contributed by atoms with E-state index in [-0.39, 0.29) is 29.8 Å². The van der Waals surface area contributed by atoms with E-state index in [2.05, 4.69) is 31.0 Å². The van der Waals surface area contributed by atoms with Crippen molar-refractivity contribution in [3.63, 3.8) is 0 Å². The molecule has 1 spiro atoms. The number of imide groups is 1. The molecule has 2 saturated carbocycles. The molecule has 2 aliphatic carbocycles. The smallest absolute Gasteiger partial charge is 0.323 e. The first-order valence-electron chi connectivity index (χ1n) is 10.3. The van der Waals surface area contributed by atoms with Gasteiger partial charge < -0.3 is 5.32 Å². The average molecular weight is 387 g/mol. The predicted molar refractivity (Wildman–Crippen MR) is 105 cm³/mol. The van der Waals surface area contributed by atoms with E-state index in [9.17, 15) is 14.0 Å². The molecule has 1 saturated heterocycles. The topological polar surface area (TPSA) is 52.7 Å². The first-order chi connectivity index (χ1) is 13.2. The number of carbonyl (C=O) groups excluding carboxylic acids is 2. The molecule has 1 aromatic carbocycles. The number of carbonyl (C=O) groups is 2. The number of hydrogen-bond acceptors (Lipinski definition) is 3. The van der Waals surface area contributed by atoms with Gasteiger partial charge in [-0.3, -0.25) is 9.69 Å². The summed E-state index contributed by atoms with van der Waals surface area (Å²) in [6, 6.07) is 6.70. The molecule has 1 aliphatic heterocycles. The Kier molecular flexibility index (Phi) is 4.73. The third kappa shape index (κ3) is 3.66. The van der Waals surface area contributed by atoms with Crippen LogP contribution < -0.4 is 5.32 Å². The van der Waals surface area contributed by atoms with Gasteiger partial charge in [-0.05, 0) is 49.5 Å². The van der Waals surface area contributed by atoms with Crippen LogP contribution in [0.4, 0.5) is 9.18 Å². The van der Waals surface area contributed by atoms with Crippen molar-refractivity contribution in [2.24, 2.45) is 11.3 Å². The van der Waals surface area contributed by atoms with Crippen molar-refractivity contribution in [3.05, 3.63) is 35.6 Å². The van der Waals surface area contributed by atoms with Crippen molar-refractivity contribution in [2.75, 3.05) is 6.67 Å². The fourth-order valence-electron chi connectivity index (χ4n) is 5.40. The second-order valence-corrected chi connectivity index (χ2v) is 9.81. The molecular weight excluding hydrogens is 357 g/mol. The van der Waals surface area contributed by atoms with Crippen LogP contribution in [0.15, 0.2) is 24.3 Å². The summed E-state index contributed by atoms with van der Waals surface area (Å²) in [4.78, 5) is 29.5. The quantitative estimate of drug-likeness (QED) is 0.780. The van der Waals surface area contributed by atoms with Crippen LogP contribution in [0.3, 0.4) is 0 Å². The maximum Gasteiger partial charge on any atom is 0.326 e. The monoisotopic (exact) mass is 387 g/mol. The van der Waals surface area contributed by atoms with Crippen molar-refractivity contribution in [2.45, 2.75) is 71.0 Å². The first kappa shape index (κ1) is 19.4. The first-order valence-corrected chi connectivity index (χ1v) is 10.3. The van der Waals surface area contributed by atoms with Crippen LogP contribution in [0.5, 0.6) is 0 Å². The molecule has 5 nitrogen and oxygen atoms in total. The Bertz CT molecular complexity index is 792. The van der Waals surface area contributed by atoms with E-state index in [0.29, 0.717) is 36.9 Å². The molecular formula is C22H30FN3O2. The van der Waals surface area contributed by atoms with Gasteiger partial charge in [0.15, 0.2) is 0 Å². The Labute approximate surface area is 166 Å². The summed E-state index contributed by atoms with van der Waals surface area (Å²) in [5.74, 6) is 0.0203. The van der Waals surface area contributed by atoms with Gasteiger partial charge in [0.05, 0.1) is 6.67 Å². The van der Waals surface area contributed by atoms with Crippen LogP contribution in [0.2, 0.25) is 0 Å². The molecule has 3 fully saturated rings. The van der Waals surface area contributed by atoms with Crippen LogP contribution in [0.25, 0.3) is 0 Å². The number of amides is 3. The zero-order chi connectivity index (χ0) is 20.1. The van der Waals surface area contributed by atoms with E-state index in [1.165, 1.54) is 11.0 Å². The highest BCUT2D eigenvalue weighted by atomic mass is 19.1. The Morgan fingerprint density at radius 2 is 1.93 bits per heavy atom. The van der Waals surface area contributed by atoms with Crippen LogP contribution in [-0.4, -0.2) is 40.0 Å². The van der Waals surface area contributed by atoms with Crippen molar-refractivity contribution in [1.82, 2.24) is 15.1 Å². The zero-order valence-corrected chi connectivity index (χ0v) is 17.0. The van der Waals surface area contributed by atoms with E-state index >= 15 is 0 Å². The number of nitrogens with zero attached hydrogens (tertiary/aromatic N) is 2. The normalized spacial score (nSPS) is 29.6. The van der Waals surface area contributed by atoms with Gasteiger partial charge in [-0.1, -0.05) is 39.0 Å². The van der Waals surface area contributed by atoms with Gasteiger partial charge >= 0.3 is 6.03 Å². The lowest BCUT2D eigenvalue weighted by atomic mass is 9.64. The van der Waals surface area contributed by atoms with E-state index in [4.69, 9.17) is 0 Å². The van der Waals surface area contributed by atoms with Gasteiger partial charge in [0.1, 0.15) is 11.4 Å². The maximum absolute atomic E-state index is 14.1. The molecule has 152 valence electrons. The van der Waals surface area contributed by atoms with E-state index in [1.807, 2.05) is 6.07 Å². The molecule has 28 heavy (non-hydrogen) atoms. The average Bonchev–Trinajstić information content (AvgIpc) is 3.39. The summed E-state index contributed by atoms with van der Waals surface area (Å²) >= 11 is 0. The Morgan fingerprint density at radius 1 is 1.21 bits per heavy atom. The lowest BCUT2D eigenvalue weighted by Crippen LogP contribution is -2.54. The molecule has 0 aromatic heterocycles. The Morgan fingerprint density at radius 3 is 2.57 bits per heavy atom. The fraction of sp³-hybridized carbons (Fsp3) is 0.636. The van der Waals surface area contributed by atoms with Gasteiger partial charge in [0.25, 0.3) is 5.91 Å². The minimum Gasteiger partial charge on any atom is -0.323 e. The summed E-state index contributed by atoms with van der Waals surface area (Å²) < 4.78 is 14.1. The highest BCUT2D eigenvalue weighted by Gasteiger charge is 2.56. The molecule has 1 aromatic rings. The van der Waals surface area contributed by atoms with Gasteiger partial charge in [-0.15, -0.1) is 0 Å². The standard InChI is InChI=1S/C22H30FN3O2/c1-15-10-21(2,3)13-22(11-15)19(27)26(20(28)24-22)14-25(17-8-9-17)12-16-6-4-5-7-18(16)23/h4-7,15,17H,8-14H2,1-3H3,(H,24,28)/t15-,22-/m1/s1. The highest BCUT2D eigenvalue weighted by Crippen LogP contribution is 2.46. The molecule has 1 N–H and O–H groups in total. The number of nitrogens with one attached hydrogen (secondary N) is 1. The predicted octanol–water partition coefficient (Wildman–Crippen LogP) is 3.88. The van der Waals surface area contributed by atoms with Crippen LogP contribution >= 0.6 is 0 Å². The minimum absolute atomic E-state index is 0.0139. The lowest BCUT2D eigenvalue weighted by molar-refractivity contribution is -0.136. The SMILES string of the molecule is C[C@@H]1CC(C)(C)C[C@@]2(C1)NC(=O)N(CN(Cc1ccccc1F)C1CC1)C2=O. The lowest BCUT2D eigenvalue weighted by Gasteiger charge is -2.44. The Balaban J connectivity index is 1.53. The van der Waals surface area contributed by atoms with Crippen LogP contribution in [0.1, 0.15) is 58.4 Å². The van der Waals surface area contributed by atoms with Crippen molar-refractivity contribution >= 4 is 11.9 Å². The maximum atomic E-state index is 14.1.